The summed E-state index contributed by atoms with van der Waals surface area (Å²) in [5.41, 5.74) is 5.81. The highest BCUT2D eigenvalue weighted by molar-refractivity contribution is 6.05. The van der Waals surface area contributed by atoms with Gasteiger partial charge in [-0.05, 0) is 32.4 Å². The van der Waals surface area contributed by atoms with Gasteiger partial charge in [0.1, 0.15) is 17.9 Å². The summed E-state index contributed by atoms with van der Waals surface area (Å²) in [5, 5.41) is 12.5. The Balaban J connectivity index is 2.31. The number of carbonyl (C=O) groups is 2. The number of nitrogens with two attached hydrogens (primary N) is 1. The number of pyridine rings is 1. The minimum Gasteiger partial charge on any atom is -0.492 e. The number of carbonyl (C=O) groups excluding carboxylic acids is 1. The number of nitrogen functional groups attached to an aromatic ring is 1. The van der Waals surface area contributed by atoms with Crippen LogP contribution < -0.4 is 15.8 Å². The maximum absolute atomic E-state index is 12.2. The lowest BCUT2D eigenvalue weighted by atomic mass is 9.93. The molecule has 0 saturated heterocycles. The number of nitrogens with zero attached hydrogens (tertiary/aromatic N) is 1. The minimum atomic E-state index is -1.15. The topological polar surface area (TPSA) is 115 Å². The third-order valence-corrected chi connectivity index (χ3v) is 3.87. The lowest BCUT2D eigenvalue weighted by Crippen LogP contribution is -2.41. The van der Waals surface area contributed by atoms with E-state index in [1.54, 1.807) is 32.0 Å². The summed E-state index contributed by atoms with van der Waals surface area (Å²) in [7, 11) is 0. The van der Waals surface area contributed by atoms with Crippen LogP contribution in [0.1, 0.15) is 37.6 Å². The molecule has 4 N–H and O–H groups in total. The fraction of sp³-hybridized carbons (Fsp3) is 0.389. The largest absolute Gasteiger partial charge is 0.492 e. The molecule has 7 nitrogen and oxygen atoms in total. The minimum absolute atomic E-state index is 0.0801. The van der Waals surface area contributed by atoms with E-state index in [-0.39, 0.29) is 23.8 Å². The zero-order valence-electron chi connectivity index (χ0n) is 14.6. The summed E-state index contributed by atoms with van der Waals surface area (Å²) in [5.74, 6) is -0.852. The fourth-order valence-electron chi connectivity index (χ4n) is 2.33. The van der Waals surface area contributed by atoms with Crippen LogP contribution in [0.3, 0.4) is 0 Å². The summed E-state index contributed by atoms with van der Waals surface area (Å²) < 4.78 is 5.83. The first-order chi connectivity index (χ1) is 11.8. The molecular weight excluding hydrogens is 322 g/mol. The third-order valence-electron chi connectivity index (χ3n) is 3.87. The Labute approximate surface area is 146 Å². The molecule has 25 heavy (non-hydrogen) atoms. The smallest absolute Gasteiger partial charge is 0.339 e. The number of aromatic nitrogens is 1. The SMILES string of the molecule is CCCNC(=O)C(C)(C)COc1cccc2ncc(C(=O)O)c(N)c12. The number of rotatable bonds is 7. The van der Waals surface area contributed by atoms with Crippen LogP contribution in [0.25, 0.3) is 10.9 Å². The Morgan fingerprint density at radius 3 is 2.72 bits per heavy atom. The van der Waals surface area contributed by atoms with E-state index in [0.29, 0.717) is 23.2 Å². The first-order valence-electron chi connectivity index (χ1n) is 8.09. The monoisotopic (exact) mass is 345 g/mol. The van der Waals surface area contributed by atoms with Gasteiger partial charge in [-0.1, -0.05) is 13.0 Å². The maximum atomic E-state index is 12.2. The number of hydrogen-bond acceptors (Lipinski definition) is 5. The van der Waals surface area contributed by atoms with Gasteiger partial charge in [0.05, 0.1) is 22.0 Å². The van der Waals surface area contributed by atoms with Crippen molar-refractivity contribution in [2.24, 2.45) is 5.41 Å². The van der Waals surface area contributed by atoms with Crippen molar-refractivity contribution < 1.29 is 19.4 Å². The van der Waals surface area contributed by atoms with Crippen LogP contribution in [-0.2, 0) is 4.79 Å². The highest BCUT2D eigenvalue weighted by Crippen LogP contribution is 2.32. The lowest BCUT2D eigenvalue weighted by molar-refractivity contribution is -0.130. The van der Waals surface area contributed by atoms with Crippen LogP contribution in [0, 0.1) is 5.41 Å². The van der Waals surface area contributed by atoms with Crippen LogP contribution in [0.15, 0.2) is 24.4 Å². The van der Waals surface area contributed by atoms with Gasteiger partial charge in [0.2, 0.25) is 5.91 Å². The quantitative estimate of drug-likeness (QED) is 0.710. The number of carboxylic acid groups (broad SMARTS) is 1. The van der Waals surface area contributed by atoms with Crippen molar-refractivity contribution in [3.05, 3.63) is 30.0 Å². The molecule has 134 valence electrons. The van der Waals surface area contributed by atoms with Crippen LogP contribution in [0.4, 0.5) is 5.69 Å². The number of fused-ring (bicyclic) bond motifs is 1. The molecule has 0 fully saturated rings. The van der Waals surface area contributed by atoms with Gasteiger partial charge in [0, 0.05) is 12.7 Å². The van der Waals surface area contributed by atoms with Gasteiger partial charge in [-0.15, -0.1) is 0 Å². The molecule has 2 rings (SSSR count). The molecular formula is C18H23N3O4. The van der Waals surface area contributed by atoms with Crippen molar-refractivity contribution in [3.8, 4) is 5.75 Å². The molecule has 0 spiro atoms. The molecule has 0 bridgehead atoms. The Morgan fingerprint density at radius 1 is 1.36 bits per heavy atom. The molecule has 0 radical (unpaired) electrons. The zero-order chi connectivity index (χ0) is 18.6. The predicted octanol–water partition coefficient (Wildman–Crippen LogP) is 2.45. The summed E-state index contributed by atoms with van der Waals surface area (Å²) >= 11 is 0. The van der Waals surface area contributed by atoms with E-state index in [1.807, 2.05) is 6.92 Å². The van der Waals surface area contributed by atoms with Crippen LogP contribution in [-0.4, -0.2) is 35.1 Å². The van der Waals surface area contributed by atoms with Gasteiger partial charge in [0.15, 0.2) is 0 Å². The summed E-state index contributed by atoms with van der Waals surface area (Å²) in [6, 6.07) is 5.16. The number of carboxylic acids is 1. The van der Waals surface area contributed by atoms with E-state index in [0.717, 1.165) is 6.42 Å². The first-order valence-corrected chi connectivity index (χ1v) is 8.09. The Bertz CT molecular complexity index is 802. The van der Waals surface area contributed by atoms with E-state index in [9.17, 15) is 14.7 Å². The predicted molar refractivity (Wildman–Crippen MR) is 95.7 cm³/mol. The number of benzene rings is 1. The summed E-state index contributed by atoms with van der Waals surface area (Å²) in [6.07, 6.45) is 2.08. The molecule has 1 aromatic heterocycles. The normalized spacial score (nSPS) is 11.3. The molecule has 0 aliphatic heterocycles. The molecule has 0 aliphatic rings. The number of ether oxygens (including phenoxy) is 1. The lowest BCUT2D eigenvalue weighted by Gasteiger charge is -2.24. The molecule has 1 amide bonds. The van der Waals surface area contributed by atoms with Crippen molar-refractivity contribution in [1.29, 1.82) is 0 Å². The third kappa shape index (κ3) is 3.99. The Kier molecular flexibility index (Phi) is 5.46. The number of hydrogen-bond donors (Lipinski definition) is 3. The molecule has 0 unspecified atom stereocenters. The van der Waals surface area contributed by atoms with Crippen molar-refractivity contribution in [1.82, 2.24) is 10.3 Å². The van der Waals surface area contributed by atoms with E-state index in [2.05, 4.69) is 10.3 Å². The second-order valence-corrected chi connectivity index (χ2v) is 6.47. The zero-order valence-corrected chi connectivity index (χ0v) is 14.6. The van der Waals surface area contributed by atoms with E-state index < -0.39 is 11.4 Å². The average molecular weight is 345 g/mol. The second-order valence-electron chi connectivity index (χ2n) is 6.47. The van der Waals surface area contributed by atoms with Gasteiger partial charge in [-0.2, -0.15) is 0 Å². The highest BCUT2D eigenvalue weighted by atomic mass is 16.5. The standard InChI is InChI=1S/C18H23N3O4/c1-4-8-20-17(24)18(2,3)10-25-13-7-5-6-12-14(13)15(19)11(9-21-12)16(22)23/h5-7,9H,4,8,10H2,1-3H3,(H2,19,21)(H,20,24)(H,22,23). The average Bonchev–Trinajstić information content (AvgIpc) is 2.57. The van der Waals surface area contributed by atoms with Crippen LogP contribution >= 0.6 is 0 Å². The number of aromatic carboxylic acids is 1. The molecule has 0 aliphatic carbocycles. The van der Waals surface area contributed by atoms with Crippen molar-refractivity contribution in [2.75, 3.05) is 18.9 Å². The van der Waals surface area contributed by atoms with Gasteiger partial charge in [0.25, 0.3) is 0 Å². The molecule has 1 heterocycles. The number of nitrogens with one attached hydrogen (secondary N) is 1. The molecule has 1 aromatic carbocycles. The second kappa shape index (κ2) is 7.38. The van der Waals surface area contributed by atoms with E-state index in [1.165, 1.54) is 6.20 Å². The molecule has 0 atom stereocenters. The Hall–Kier alpha value is -2.83. The molecule has 0 saturated carbocycles. The molecule has 2 aromatic rings. The maximum Gasteiger partial charge on any atom is 0.339 e. The first kappa shape index (κ1) is 18.5. The highest BCUT2D eigenvalue weighted by Gasteiger charge is 2.28. The summed E-state index contributed by atoms with van der Waals surface area (Å²) in [6.45, 7) is 6.28. The van der Waals surface area contributed by atoms with Gasteiger partial charge in [-0.25, -0.2) is 4.79 Å². The fourth-order valence-corrected chi connectivity index (χ4v) is 2.33. The molecule has 7 heteroatoms. The van der Waals surface area contributed by atoms with Crippen molar-refractivity contribution >= 4 is 28.5 Å². The van der Waals surface area contributed by atoms with Gasteiger partial charge >= 0.3 is 5.97 Å². The van der Waals surface area contributed by atoms with Gasteiger partial charge in [-0.3, -0.25) is 9.78 Å². The van der Waals surface area contributed by atoms with Crippen LogP contribution in [0.2, 0.25) is 0 Å². The number of anilines is 1. The number of amides is 1. The van der Waals surface area contributed by atoms with E-state index >= 15 is 0 Å². The Morgan fingerprint density at radius 2 is 2.08 bits per heavy atom. The van der Waals surface area contributed by atoms with Crippen molar-refractivity contribution in [2.45, 2.75) is 27.2 Å². The van der Waals surface area contributed by atoms with Crippen LogP contribution in [0.5, 0.6) is 5.75 Å². The van der Waals surface area contributed by atoms with Crippen molar-refractivity contribution in [3.63, 3.8) is 0 Å². The summed E-state index contributed by atoms with van der Waals surface area (Å²) in [4.78, 5) is 27.6. The van der Waals surface area contributed by atoms with Gasteiger partial charge < -0.3 is 20.9 Å². The van der Waals surface area contributed by atoms with E-state index in [4.69, 9.17) is 10.5 Å².